The number of nitriles is 1. The van der Waals surface area contributed by atoms with Crippen molar-refractivity contribution in [2.45, 2.75) is 37.3 Å². The van der Waals surface area contributed by atoms with E-state index in [0.29, 0.717) is 0 Å². The molecule has 0 saturated carbocycles. The maximum atomic E-state index is 11.3. The van der Waals surface area contributed by atoms with Gasteiger partial charge < -0.3 is 40.1 Å². The number of carbonyl (C=O) groups is 1. The van der Waals surface area contributed by atoms with E-state index in [1.807, 2.05) is 0 Å². The average Bonchev–Trinajstić information content (AvgIpc) is 3.01. The Morgan fingerprint density at radius 2 is 2.16 bits per heavy atom. The van der Waals surface area contributed by atoms with Crippen LogP contribution in [0.2, 0.25) is 0 Å². The lowest BCUT2D eigenvalue weighted by atomic mass is 10.1. The Balaban J connectivity index is 2.31. The smallest absolute Gasteiger partial charge is 0.387 e. The van der Waals surface area contributed by atoms with Gasteiger partial charge in [0.05, 0.1) is 24.5 Å². The van der Waals surface area contributed by atoms with Crippen molar-refractivity contribution in [2.24, 2.45) is 5.73 Å². The van der Waals surface area contributed by atoms with E-state index in [1.165, 1.54) is 0 Å². The number of primary amides is 1. The lowest BCUT2D eigenvalue weighted by Crippen LogP contribution is -2.39. The Labute approximate surface area is 140 Å². The predicted octanol–water partition coefficient (Wildman–Crippen LogP) is -2.91. The zero-order valence-corrected chi connectivity index (χ0v) is 13.3. The van der Waals surface area contributed by atoms with Crippen LogP contribution in [0.5, 0.6) is 0 Å². The van der Waals surface area contributed by atoms with Gasteiger partial charge in [-0.1, -0.05) is 0 Å². The fourth-order valence-electron chi connectivity index (χ4n) is 2.41. The second-order valence-corrected chi connectivity index (χ2v) is 6.30. The molecule has 7 N–H and O–H groups in total. The summed E-state index contributed by atoms with van der Waals surface area (Å²) in [5.74, 6) is -0.932. The average molecular weight is 378 g/mol. The summed E-state index contributed by atoms with van der Waals surface area (Å²) in [5, 5.41) is 38.5. The third-order valence-electron chi connectivity index (χ3n) is 3.45. The molecule has 0 aromatic carbocycles. The van der Waals surface area contributed by atoms with Crippen molar-refractivity contribution in [3.8, 4) is 6.07 Å². The van der Waals surface area contributed by atoms with Crippen LogP contribution in [-0.2, 0) is 20.2 Å². The number of phosphoric acid groups is 1. The predicted molar refractivity (Wildman–Crippen MR) is 75.1 cm³/mol. The Bertz CT molecular complexity index is 740. The van der Waals surface area contributed by atoms with Crippen LogP contribution in [0.1, 0.15) is 22.4 Å². The third kappa shape index (κ3) is 4.03. The number of aliphatic hydroxyl groups is 3. The molecule has 1 unspecified atom stereocenters. The largest absolute Gasteiger partial charge is 0.472 e. The molecular weight excluding hydrogens is 363 g/mol. The molecule has 1 aliphatic heterocycles. The fraction of sp³-hybridized carbons (Fsp3) is 0.545. The van der Waals surface area contributed by atoms with Crippen LogP contribution < -0.4 is 5.73 Å². The second kappa shape index (κ2) is 7.16. The molecule has 0 aliphatic carbocycles. The van der Waals surface area contributed by atoms with Gasteiger partial charge in [0.15, 0.2) is 12.5 Å². The minimum Gasteiger partial charge on any atom is -0.387 e. The van der Waals surface area contributed by atoms with E-state index < -0.39 is 44.6 Å². The van der Waals surface area contributed by atoms with Gasteiger partial charge in [-0.25, -0.2) is 9.55 Å². The van der Waals surface area contributed by atoms with Gasteiger partial charge in [-0.3, -0.25) is 9.32 Å². The zero-order chi connectivity index (χ0) is 18.9. The van der Waals surface area contributed by atoms with Crippen LogP contribution in [0.15, 0.2) is 6.33 Å². The van der Waals surface area contributed by atoms with Crippen molar-refractivity contribution < 1.29 is 43.7 Å². The SMILES string of the molecule is N#CCc1c(C(N)=O)ncn1[C@@H]1O[C@H](C(O)OP(=O)(O)O)[C@@H](O)[C@H]1O. The Hall–Kier alpha value is -1.88. The summed E-state index contributed by atoms with van der Waals surface area (Å²) in [4.78, 5) is 32.4. The Morgan fingerprint density at radius 3 is 2.68 bits per heavy atom. The van der Waals surface area contributed by atoms with Crippen molar-refractivity contribution in [3.05, 3.63) is 17.7 Å². The summed E-state index contributed by atoms with van der Waals surface area (Å²) in [5.41, 5.74) is 4.89. The number of phosphoric ester groups is 1. The third-order valence-corrected chi connectivity index (χ3v) is 3.94. The molecule has 0 bridgehead atoms. The molecule has 1 aromatic heterocycles. The number of rotatable bonds is 6. The number of hydrogen-bond acceptors (Lipinski definition) is 9. The number of nitrogens with zero attached hydrogens (tertiary/aromatic N) is 3. The number of carbonyl (C=O) groups excluding carboxylic acids is 1. The molecule has 2 heterocycles. The number of amides is 1. The molecule has 1 amide bonds. The van der Waals surface area contributed by atoms with Crippen LogP contribution in [-0.4, -0.2) is 65.2 Å². The number of ether oxygens (including phenoxy) is 1. The summed E-state index contributed by atoms with van der Waals surface area (Å²) < 4.78 is 21.0. The first-order valence-corrected chi connectivity index (χ1v) is 8.26. The highest BCUT2D eigenvalue weighted by Crippen LogP contribution is 2.41. The monoisotopic (exact) mass is 378 g/mol. The van der Waals surface area contributed by atoms with E-state index in [1.54, 1.807) is 6.07 Å². The number of nitrogens with two attached hydrogens (primary N) is 1. The van der Waals surface area contributed by atoms with Crippen molar-refractivity contribution in [3.63, 3.8) is 0 Å². The maximum Gasteiger partial charge on any atom is 0.472 e. The lowest BCUT2D eigenvalue weighted by molar-refractivity contribution is -0.161. The minimum absolute atomic E-state index is 0.00250. The molecule has 25 heavy (non-hydrogen) atoms. The van der Waals surface area contributed by atoms with Crippen molar-refractivity contribution in [1.82, 2.24) is 9.55 Å². The molecule has 13 nitrogen and oxygen atoms in total. The number of hydrogen-bond donors (Lipinski definition) is 6. The van der Waals surface area contributed by atoms with Crippen molar-refractivity contribution in [2.75, 3.05) is 0 Å². The van der Waals surface area contributed by atoms with E-state index in [0.717, 1.165) is 10.9 Å². The summed E-state index contributed by atoms with van der Waals surface area (Å²) in [6.45, 7) is 0. The van der Waals surface area contributed by atoms with Crippen LogP contribution in [0.4, 0.5) is 0 Å². The van der Waals surface area contributed by atoms with Crippen LogP contribution in [0.3, 0.4) is 0 Å². The van der Waals surface area contributed by atoms with Gasteiger partial charge in [-0.2, -0.15) is 5.26 Å². The lowest BCUT2D eigenvalue weighted by Gasteiger charge is -2.21. The van der Waals surface area contributed by atoms with Gasteiger partial charge in [0, 0.05) is 0 Å². The first-order valence-electron chi connectivity index (χ1n) is 6.73. The van der Waals surface area contributed by atoms with Crippen LogP contribution in [0.25, 0.3) is 0 Å². The molecule has 0 radical (unpaired) electrons. The molecule has 0 spiro atoms. The van der Waals surface area contributed by atoms with Gasteiger partial charge in [0.2, 0.25) is 0 Å². The molecule has 1 saturated heterocycles. The van der Waals surface area contributed by atoms with E-state index in [4.69, 9.17) is 25.5 Å². The summed E-state index contributed by atoms with van der Waals surface area (Å²) in [7, 11) is -5.09. The van der Waals surface area contributed by atoms with Crippen molar-refractivity contribution in [1.29, 1.82) is 5.26 Å². The molecule has 14 heteroatoms. The van der Waals surface area contributed by atoms with Gasteiger partial charge in [-0.15, -0.1) is 0 Å². The Morgan fingerprint density at radius 1 is 1.52 bits per heavy atom. The molecule has 1 aliphatic rings. The quantitative estimate of drug-likeness (QED) is 0.217. The first kappa shape index (κ1) is 19.4. The van der Waals surface area contributed by atoms with Crippen LogP contribution in [0, 0.1) is 11.3 Å². The molecular formula is C11H15N4O9P. The van der Waals surface area contributed by atoms with E-state index >= 15 is 0 Å². The second-order valence-electron chi connectivity index (χ2n) is 5.11. The summed E-state index contributed by atoms with van der Waals surface area (Å²) in [6.07, 6.45) is -8.16. The number of aromatic nitrogens is 2. The number of imidazole rings is 1. The normalized spacial score (nSPS) is 27.8. The summed E-state index contributed by atoms with van der Waals surface area (Å²) >= 11 is 0. The highest BCUT2D eigenvalue weighted by atomic mass is 31.2. The fourth-order valence-corrected chi connectivity index (χ4v) is 2.81. The van der Waals surface area contributed by atoms with E-state index in [-0.39, 0.29) is 17.8 Å². The van der Waals surface area contributed by atoms with Crippen LogP contribution >= 0.6 is 7.82 Å². The standard InChI is InChI=1S/C11H15N4O9P/c12-2-1-4-5(9(13)18)14-3-15(4)10-7(17)6(16)8(23-10)11(19)24-25(20,21)22/h3,6-8,10-11,16-17,19H,1H2,(H2,13,18)(H2,20,21,22)/t6-,7+,8-,10+,11?/m0/s1. The van der Waals surface area contributed by atoms with E-state index in [9.17, 15) is 24.7 Å². The van der Waals surface area contributed by atoms with Gasteiger partial charge in [0.25, 0.3) is 5.91 Å². The highest BCUT2D eigenvalue weighted by molar-refractivity contribution is 7.46. The van der Waals surface area contributed by atoms with E-state index in [2.05, 4.69) is 9.51 Å². The topological polar surface area (TPSA) is 221 Å². The van der Waals surface area contributed by atoms with Gasteiger partial charge in [-0.05, 0) is 0 Å². The Kier molecular flexibility index (Phi) is 5.57. The molecule has 2 rings (SSSR count). The highest BCUT2D eigenvalue weighted by Gasteiger charge is 2.49. The van der Waals surface area contributed by atoms with Gasteiger partial charge in [0.1, 0.15) is 24.0 Å². The molecule has 1 aromatic rings. The minimum atomic E-state index is -5.09. The van der Waals surface area contributed by atoms with Gasteiger partial charge >= 0.3 is 7.82 Å². The first-order chi connectivity index (χ1) is 11.6. The molecule has 5 atom stereocenters. The maximum absolute atomic E-state index is 11.3. The van der Waals surface area contributed by atoms with Crippen molar-refractivity contribution >= 4 is 13.7 Å². The number of aliphatic hydroxyl groups excluding tert-OH is 3. The summed E-state index contributed by atoms with van der Waals surface area (Å²) in [6, 6.07) is 1.77. The molecule has 138 valence electrons. The molecule has 1 fully saturated rings. The zero-order valence-electron chi connectivity index (χ0n) is 12.4.